The molecule has 1 atom stereocenters. The van der Waals surface area contributed by atoms with Crippen LogP contribution in [0.4, 0.5) is 0 Å². The van der Waals surface area contributed by atoms with E-state index in [1.807, 2.05) is 18.3 Å². The van der Waals surface area contributed by atoms with Crippen LogP contribution in [0.3, 0.4) is 0 Å². The molecule has 22 heavy (non-hydrogen) atoms. The second kappa shape index (κ2) is 5.98. The van der Waals surface area contributed by atoms with E-state index in [-0.39, 0.29) is 18.9 Å². The Kier molecular flexibility index (Phi) is 4.04. The SMILES string of the molecule is NC(=O)[C@H]1CN(C(=O)Cc2c[nH]c3cc(Cl)ccc23)CCO1. The minimum absolute atomic E-state index is 0.0506. The molecule has 1 fully saturated rings. The largest absolute Gasteiger partial charge is 0.367 e. The normalized spacial score (nSPS) is 18.6. The lowest BCUT2D eigenvalue weighted by Crippen LogP contribution is -2.50. The van der Waals surface area contributed by atoms with Crippen LogP contribution in [0.5, 0.6) is 0 Å². The lowest BCUT2D eigenvalue weighted by Gasteiger charge is -2.31. The van der Waals surface area contributed by atoms with Crippen molar-refractivity contribution in [1.82, 2.24) is 9.88 Å². The molecule has 0 unspecified atom stereocenters. The van der Waals surface area contributed by atoms with E-state index < -0.39 is 12.0 Å². The third kappa shape index (κ3) is 2.93. The second-order valence-electron chi connectivity index (χ2n) is 5.28. The average Bonchev–Trinajstić information content (AvgIpc) is 2.89. The van der Waals surface area contributed by atoms with Gasteiger partial charge in [-0.15, -0.1) is 0 Å². The van der Waals surface area contributed by atoms with E-state index in [1.165, 1.54) is 0 Å². The molecule has 1 aromatic carbocycles. The zero-order valence-corrected chi connectivity index (χ0v) is 12.6. The highest BCUT2D eigenvalue weighted by molar-refractivity contribution is 6.31. The van der Waals surface area contributed by atoms with Gasteiger partial charge in [-0.1, -0.05) is 17.7 Å². The average molecular weight is 322 g/mol. The number of aromatic amines is 1. The van der Waals surface area contributed by atoms with E-state index in [2.05, 4.69) is 4.98 Å². The monoisotopic (exact) mass is 321 g/mol. The van der Waals surface area contributed by atoms with Crippen molar-refractivity contribution in [3.8, 4) is 0 Å². The number of nitrogens with two attached hydrogens (primary N) is 1. The minimum atomic E-state index is -0.723. The van der Waals surface area contributed by atoms with E-state index in [1.54, 1.807) is 11.0 Å². The number of nitrogens with zero attached hydrogens (tertiary/aromatic N) is 1. The van der Waals surface area contributed by atoms with Crippen LogP contribution in [0.15, 0.2) is 24.4 Å². The van der Waals surface area contributed by atoms with Crippen molar-refractivity contribution in [2.75, 3.05) is 19.7 Å². The van der Waals surface area contributed by atoms with Crippen LogP contribution in [0.25, 0.3) is 10.9 Å². The van der Waals surface area contributed by atoms with Gasteiger partial charge in [0.2, 0.25) is 11.8 Å². The van der Waals surface area contributed by atoms with E-state index >= 15 is 0 Å². The fourth-order valence-electron chi connectivity index (χ4n) is 2.63. The Morgan fingerprint density at radius 2 is 2.27 bits per heavy atom. The van der Waals surface area contributed by atoms with Crippen molar-refractivity contribution < 1.29 is 14.3 Å². The predicted octanol–water partition coefficient (Wildman–Crippen LogP) is 1.08. The Balaban J connectivity index is 1.74. The van der Waals surface area contributed by atoms with E-state index in [0.29, 0.717) is 18.2 Å². The Morgan fingerprint density at radius 1 is 1.45 bits per heavy atom. The fourth-order valence-corrected chi connectivity index (χ4v) is 2.80. The van der Waals surface area contributed by atoms with Crippen molar-refractivity contribution in [1.29, 1.82) is 0 Å². The van der Waals surface area contributed by atoms with Gasteiger partial charge in [0.1, 0.15) is 0 Å². The van der Waals surface area contributed by atoms with Crippen LogP contribution in [-0.4, -0.2) is 47.5 Å². The van der Waals surface area contributed by atoms with Gasteiger partial charge in [0.15, 0.2) is 6.10 Å². The maximum atomic E-state index is 12.4. The summed E-state index contributed by atoms with van der Waals surface area (Å²) in [6, 6.07) is 5.51. The third-order valence-electron chi connectivity index (χ3n) is 3.81. The molecule has 0 radical (unpaired) electrons. The Bertz CT molecular complexity index is 728. The van der Waals surface area contributed by atoms with Crippen molar-refractivity contribution in [2.45, 2.75) is 12.5 Å². The Hall–Kier alpha value is -2.05. The molecule has 1 saturated heterocycles. The van der Waals surface area contributed by atoms with Crippen LogP contribution in [0.2, 0.25) is 5.02 Å². The number of primary amides is 1. The first kappa shape index (κ1) is 14.9. The summed E-state index contributed by atoms with van der Waals surface area (Å²) in [6.07, 6.45) is 1.34. The number of fused-ring (bicyclic) bond motifs is 1. The summed E-state index contributed by atoms with van der Waals surface area (Å²) < 4.78 is 5.25. The number of H-pyrrole nitrogens is 1. The van der Waals surface area contributed by atoms with Gasteiger partial charge >= 0.3 is 0 Å². The molecule has 1 aromatic heterocycles. The van der Waals surface area contributed by atoms with Crippen LogP contribution in [-0.2, 0) is 20.7 Å². The van der Waals surface area contributed by atoms with Crippen molar-refractivity contribution in [3.05, 3.63) is 35.0 Å². The van der Waals surface area contributed by atoms with E-state index in [9.17, 15) is 9.59 Å². The molecule has 1 aliphatic rings. The zero-order chi connectivity index (χ0) is 15.7. The third-order valence-corrected chi connectivity index (χ3v) is 4.04. The van der Waals surface area contributed by atoms with Gasteiger partial charge in [-0.2, -0.15) is 0 Å². The number of rotatable bonds is 3. The number of morpholine rings is 1. The highest BCUT2D eigenvalue weighted by Crippen LogP contribution is 2.23. The summed E-state index contributed by atoms with van der Waals surface area (Å²) in [5.41, 5.74) is 7.03. The van der Waals surface area contributed by atoms with Crippen molar-refractivity contribution in [2.24, 2.45) is 5.73 Å². The first-order chi connectivity index (χ1) is 10.5. The summed E-state index contributed by atoms with van der Waals surface area (Å²) in [5.74, 6) is -0.593. The predicted molar refractivity (Wildman–Crippen MR) is 82.5 cm³/mol. The number of halogens is 1. The van der Waals surface area contributed by atoms with Gasteiger partial charge in [0.25, 0.3) is 0 Å². The number of carbonyl (C=O) groups is 2. The summed E-state index contributed by atoms with van der Waals surface area (Å²) in [5, 5.41) is 1.61. The molecule has 2 heterocycles. The summed E-state index contributed by atoms with van der Waals surface area (Å²) in [6.45, 7) is 1.00. The number of ether oxygens (including phenoxy) is 1. The molecule has 0 spiro atoms. The smallest absolute Gasteiger partial charge is 0.248 e. The lowest BCUT2D eigenvalue weighted by atomic mass is 10.1. The van der Waals surface area contributed by atoms with E-state index in [0.717, 1.165) is 16.5 Å². The standard InChI is InChI=1S/C15H16ClN3O3/c16-10-1-2-11-9(7-18-12(11)6-10)5-14(20)19-3-4-22-13(8-19)15(17)21/h1-2,6-7,13,18H,3-5,8H2,(H2,17,21)/t13-/m1/s1. The molecule has 1 aliphatic heterocycles. The maximum absolute atomic E-state index is 12.4. The molecule has 3 rings (SSSR count). The molecule has 2 amide bonds. The topological polar surface area (TPSA) is 88.4 Å². The molecule has 3 N–H and O–H groups in total. The van der Waals surface area contributed by atoms with Crippen molar-refractivity contribution >= 4 is 34.3 Å². The molecular weight excluding hydrogens is 306 g/mol. The molecule has 0 bridgehead atoms. The molecule has 0 saturated carbocycles. The zero-order valence-electron chi connectivity index (χ0n) is 11.8. The second-order valence-corrected chi connectivity index (χ2v) is 5.72. The highest BCUT2D eigenvalue weighted by Gasteiger charge is 2.27. The molecule has 0 aliphatic carbocycles. The number of aromatic nitrogens is 1. The van der Waals surface area contributed by atoms with Gasteiger partial charge < -0.3 is 20.4 Å². The van der Waals surface area contributed by atoms with Gasteiger partial charge in [0, 0.05) is 28.7 Å². The first-order valence-electron chi connectivity index (χ1n) is 6.99. The van der Waals surface area contributed by atoms with Crippen LogP contribution in [0, 0.1) is 0 Å². The van der Waals surface area contributed by atoms with Gasteiger partial charge in [-0.25, -0.2) is 0 Å². The number of carbonyl (C=O) groups excluding carboxylic acids is 2. The molecule has 2 aromatic rings. The minimum Gasteiger partial charge on any atom is -0.367 e. The quantitative estimate of drug-likeness (QED) is 0.886. The fraction of sp³-hybridized carbons (Fsp3) is 0.333. The van der Waals surface area contributed by atoms with Crippen LogP contribution in [0.1, 0.15) is 5.56 Å². The number of hydrogen-bond acceptors (Lipinski definition) is 3. The number of amides is 2. The van der Waals surface area contributed by atoms with Crippen molar-refractivity contribution in [3.63, 3.8) is 0 Å². The highest BCUT2D eigenvalue weighted by atomic mass is 35.5. The Morgan fingerprint density at radius 3 is 3.05 bits per heavy atom. The number of hydrogen-bond donors (Lipinski definition) is 2. The van der Waals surface area contributed by atoms with E-state index in [4.69, 9.17) is 22.1 Å². The van der Waals surface area contributed by atoms with Gasteiger partial charge in [-0.3, -0.25) is 9.59 Å². The first-order valence-corrected chi connectivity index (χ1v) is 7.36. The molecule has 6 nitrogen and oxygen atoms in total. The van der Waals surface area contributed by atoms with Crippen LogP contribution < -0.4 is 5.73 Å². The lowest BCUT2D eigenvalue weighted by molar-refractivity contribution is -0.145. The number of nitrogens with one attached hydrogen (secondary N) is 1. The van der Waals surface area contributed by atoms with Crippen LogP contribution >= 0.6 is 11.6 Å². The molecule has 116 valence electrons. The summed E-state index contributed by atoms with van der Waals surface area (Å²) in [7, 11) is 0. The van der Waals surface area contributed by atoms with Gasteiger partial charge in [-0.05, 0) is 17.7 Å². The summed E-state index contributed by atoms with van der Waals surface area (Å²) in [4.78, 5) is 28.3. The maximum Gasteiger partial charge on any atom is 0.248 e. The molecular formula is C15H16ClN3O3. The summed E-state index contributed by atoms with van der Waals surface area (Å²) >= 11 is 5.95. The number of benzene rings is 1. The van der Waals surface area contributed by atoms with Gasteiger partial charge in [0.05, 0.1) is 19.6 Å². The molecule has 7 heteroatoms. The Labute approximate surface area is 132 Å².